The average Bonchev–Trinajstić information content (AvgIpc) is 3.42. The first-order valence-electron chi connectivity index (χ1n) is 12.0. The van der Waals surface area contributed by atoms with E-state index >= 15 is 0 Å². The summed E-state index contributed by atoms with van der Waals surface area (Å²) in [5.74, 6) is -0.255. The molecule has 0 N–H and O–H groups in total. The number of amides is 1. The number of piperidine rings is 1. The van der Waals surface area contributed by atoms with Gasteiger partial charge in [-0.2, -0.15) is 5.10 Å². The molecule has 9 heteroatoms. The Bertz CT molecular complexity index is 1250. The van der Waals surface area contributed by atoms with Crippen LogP contribution in [0.3, 0.4) is 0 Å². The van der Waals surface area contributed by atoms with E-state index in [9.17, 15) is 9.18 Å². The Labute approximate surface area is 202 Å². The summed E-state index contributed by atoms with van der Waals surface area (Å²) >= 11 is 6.02. The Morgan fingerprint density at radius 3 is 2.79 bits per heavy atom. The second-order valence-electron chi connectivity index (χ2n) is 9.60. The summed E-state index contributed by atoms with van der Waals surface area (Å²) in [6.45, 7) is 4.09. The Morgan fingerprint density at radius 1 is 1.24 bits per heavy atom. The van der Waals surface area contributed by atoms with E-state index in [0.717, 1.165) is 37.1 Å². The second kappa shape index (κ2) is 8.50. The van der Waals surface area contributed by atoms with Gasteiger partial charge in [0.05, 0.1) is 35.6 Å². The summed E-state index contributed by atoms with van der Waals surface area (Å²) in [7, 11) is 0. The van der Waals surface area contributed by atoms with Gasteiger partial charge < -0.3 is 9.64 Å². The second-order valence-corrected chi connectivity index (χ2v) is 10.0. The van der Waals surface area contributed by atoms with E-state index in [4.69, 9.17) is 16.3 Å². The summed E-state index contributed by atoms with van der Waals surface area (Å²) in [5.41, 5.74) is 2.80. The van der Waals surface area contributed by atoms with Crippen LogP contribution in [0.1, 0.15) is 60.6 Å². The van der Waals surface area contributed by atoms with E-state index < -0.39 is 5.82 Å². The predicted molar refractivity (Wildman–Crippen MR) is 125 cm³/mol. The average molecular weight is 484 g/mol. The van der Waals surface area contributed by atoms with Gasteiger partial charge >= 0.3 is 0 Å². The zero-order valence-corrected chi connectivity index (χ0v) is 19.8. The van der Waals surface area contributed by atoms with Gasteiger partial charge in [0, 0.05) is 29.9 Å². The molecule has 3 aliphatic heterocycles. The zero-order chi connectivity index (χ0) is 23.4. The molecule has 178 valence electrons. The molecule has 0 aliphatic carbocycles. The maximum Gasteiger partial charge on any atom is 0.258 e. The molecule has 34 heavy (non-hydrogen) atoms. The minimum atomic E-state index is -0.401. The molecule has 3 aliphatic rings. The topological polar surface area (TPSA) is 63.0 Å². The normalized spacial score (nSPS) is 24.1. The molecule has 2 saturated heterocycles. The number of fused-ring (bicyclic) bond motifs is 5. The molecule has 0 radical (unpaired) electrons. The first-order valence-corrected chi connectivity index (χ1v) is 12.4. The molecule has 2 atom stereocenters. The van der Waals surface area contributed by atoms with Crippen LogP contribution in [0.15, 0.2) is 30.6 Å². The molecule has 2 fully saturated rings. The van der Waals surface area contributed by atoms with Gasteiger partial charge in [0.15, 0.2) is 5.65 Å². The van der Waals surface area contributed by atoms with Crippen LogP contribution in [0.2, 0.25) is 5.02 Å². The zero-order valence-electron chi connectivity index (χ0n) is 19.1. The number of carbonyl (C=O) groups excluding carboxylic acids is 1. The lowest BCUT2D eigenvalue weighted by atomic mass is 9.99. The number of carbonyl (C=O) groups is 1. The fourth-order valence-corrected chi connectivity index (χ4v) is 6.07. The van der Waals surface area contributed by atoms with Crippen molar-refractivity contribution in [2.24, 2.45) is 0 Å². The van der Waals surface area contributed by atoms with Crippen molar-refractivity contribution in [3.8, 4) is 5.75 Å². The molecule has 1 aromatic carbocycles. The minimum absolute atomic E-state index is 0.00658. The molecule has 2 aromatic heterocycles. The lowest BCUT2D eigenvalue weighted by Crippen LogP contribution is -2.46. The molecular weight excluding hydrogens is 457 g/mol. The van der Waals surface area contributed by atoms with Crippen LogP contribution in [-0.2, 0) is 13.1 Å². The molecule has 5 heterocycles. The number of benzene rings is 1. The Kier molecular flexibility index (Phi) is 5.45. The SMILES string of the molecule is CCCN1[C@H]2CC[C@H]1CC(Oc1cc(F)ccc1C(=O)N1Cc3nn4cc(Cl)cnc4c3C1)C2. The molecule has 3 aromatic rings. The number of nitrogens with zero attached hydrogens (tertiary/aromatic N) is 5. The lowest BCUT2D eigenvalue weighted by molar-refractivity contribution is 0.0479. The lowest BCUT2D eigenvalue weighted by Gasteiger charge is -2.39. The number of hydrogen-bond acceptors (Lipinski definition) is 5. The highest BCUT2D eigenvalue weighted by Gasteiger charge is 2.41. The predicted octanol–water partition coefficient (Wildman–Crippen LogP) is 4.46. The van der Waals surface area contributed by atoms with Crippen molar-refractivity contribution in [2.45, 2.75) is 70.3 Å². The van der Waals surface area contributed by atoms with E-state index in [0.29, 0.717) is 47.2 Å². The van der Waals surface area contributed by atoms with Crippen molar-refractivity contribution >= 4 is 23.2 Å². The number of rotatable bonds is 5. The van der Waals surface area contributed by atoms with Crippen molar-refractivity contribution in [1.82, 2.24) is 24.4 Å². The Balaban J connectivity index is 1.21. The van der Waals surface area contributed by atoms with Gasteiger partial charge in [0.1, 0.15) is 17.7 Å². The fraction of sp³-hybridized carbons (Fsp3) is 0.480. The van der Waals surface area contributed by atoms with Gasteiger partial charge in [-0.25, -0.2) is 13.9 Å². The van der Waals surface area contributed by atoms with E-state index in [1.807, 2.05) is 0 Å². The van der Waals surface area contributed by atoms with Gasteiger partial charge in [-0.1, -0.05) is 18.5 Å². The maximum absolute atomic E-state index is 14.2. The molecular formula is C25H27ClFN5O2. The number of hydrogen-bond donors (Lipinski definition) is 0. The van der Waals surface area contributed by atoms with Gasteiger partial charge in [-0.15, -0.1) is 0 Å². The van der Waals surface area contributed by atoms with E-state index in [2.05, 4.69) is 21.9 Å². The van der Waals surface area contributed by atoms with Crippen LogP contribution < -0.4 is 4.74 Å². The van der Waals surface area contributed by atoms with Crippen molar-refractivity contribution in [1.29, 1.82) is 0 Å². The molecule has 7 nitrogen and oxygen atoms in total. The van der Waals surface area contributed by atoms with Crippen molar-refractivity contribution in [3.05, 3.63) is 58.3 Å². The van der Waals surface area contributed by atoms with Gasteiger partial charge in [0.2, 0.25) is 0 Å². The Hall–Kier alpha value is -2.71. The van der Waals surface area contributed by atoms with Gasteiger partial charge in [0.25, 0.3) is 5.91 Å². The standard InChI is InChI=1S/C25H27ClFN5O2/c1-2-7-31-17-4-5-18(31)10-19(9-17)34-23-8-16(27)3-6-20(23)25(33)30-13-21-22(14-30)29-32-12-15(26)11-28-24(21)32/h3,6,8,11-12,17-19H,2,4-5,7,9-10,13-14H2,1H3/t17-,18-/m0/s1. The van der Waals surface area contributed by atoms with E-state index in [1.165, 1.54) is 31.0 Å². The van der Waals surface area contributed by atoms with Crippen LogP contribution in [0.5, 0.6) is 5.75 Å². The Morgan fingerprint density at radius 2 is 2.03 bits per heavy atom. The summed E-state index contributed by atoms with van der Waals surface area (Å²) in [6.07, 6.45) is 8.63. The summed E-state index contributed by atoms with van der Waals surface area (Å²) in [6, 6.07) is 5.24. The largest absolute Gasteiger partial charge is 0.489 e. The quantitative estimate of drug-likeness (QED) is 0.536. The highest BCUT2D eigenvalue weighted by molar-refractivity contribution is 6.30. The van der Waals surface area contributed by atoms with Gasteiger partial charge in [-0.05, 0) is 50.8 Å². The maximum atomic E-state index is 14.2. The smallest absolute Gasteiger partial charge is 0.258 e. The summed E-state index contributed by atoms with van der Waals surface area (Å²) in [4.78, 5) is 22.2. The highest BCUT2D eigenvalue weighted by atomic mass is 35.5. The van der Waals surface area contributed by atoms with Crippen LogP contribution in [-0.4, -0.2) is 55.0 Å². The third-order valence-corrected chi connectivity index (χ3v) is 7.58. The van der Waals surface area contributed by atoms with Crippen molar-refractivity contribution in [3.63, 3.8) is 0 Å². The molecule has 0 unspecified atom stereocenters. The summed E-state index contributed by atoms with van der Waals surface area (Å²) in [5, 5.41) is 5.04. The molecule has 1 amide bonds. The molecule has 0 saturated carbocycles. The van der Waals surface area contributed by atoms with Crippen molar-refractivity contribution in [2.75, 3.05) is 6.54 Å². The van der Waals surface area contributed by atoms with E-state index in [1.54, 1.807) is 21.8 Å². The highest BCUT2D eigenvalue weighted by Crippen LogP contribution is 2.38. The monoisotopic (exact) mass is 483 g/mol. The molecule has 6 rings (SSSR count). The number of halogens is 2. The number of ether oxygens (including phenoxy) is 1. The van der Waals surface area contributed by atoms with Crippen LogP contribution in [0.4, 0.5) is 4.39 Å². The fourth-order valence-electron chi connectivity index (χ4n) is 5.93. The van der Waals surface area contributed by atoms with Gasteiger partial charge in [-0.3, -0.25) is 9.69 Å². The van der Waals surface area contributed by atoms with Crippen LogP contribution in [0, 0.1) is 5.82 Å². The third-order valence-electron chi connectivity index (χ3n) is 7.39. The molecule has 2 bridgehead atoms. The van der Waals surface area contributed by atoms with E-state index in [-0.39, 0.29) is 12.0 Å². The first-order chi connectivity index (χ1) is 16.5. The number of aromatic nitrogens is 3. The summed E-state index contributed by atoms with van der Waals surface area (Å²) < 4.78 is 22.2. The minimum Gasteiger partial charge on any atom is -0.489 e. The third kappa shape index (κ3) is 3.73. The first kappa shape index (κ1) is 21.8. The molecule has 0 spiro atoms. The van der Waals surface area contributed by atoms with Crippen molar-refractivity contribution < 1.29 is 13.9 Å². The van der Waals surface area contributed by atoms with Crippen LogP contribution in [0.25, 0.3) is 5.65 Å². The van der Waals surface area contributed by atoms with Crippen LogP contribution >= 0.6 is 11.6 Å².